The van der Waals surface area contributed by atoms with Crippen molar-refractivity contribution in [2.24, 2.45) is 5.92 Å². The van der Waals surface area contributed by atoms with E-state index in [1.807, 2.05) is 0 Å². The second kappa shape index (κ2) is 3.65. The van der Waals surface area contributed by atoms with E-state index in [2.05, 4.69) is 9.97 Å². The molecule has 1 N–H and O–H groups in total. The number of hydrogen-bond acceptors (Lipinski definition) is 4. The molecule has 1 saturated carbocycles. The average molecular weight is 237 g/mol. The fourth-order valence-electron chi connectivity index (χ4n) is 2.04. The summed E-state index contributed by atoms with van der Waals surface area (Å²) < 4.78 is 14.0. The van der Waals surface area contributed by atoms with Gasteiger partial charge in [0.1, 0.15) is 6.33 Å². The zero-order chi connectivity index (χ0) is 12.0. The minimum absolute atomic E-state index is 0.230. The van der Waals surface area contributed by atoms with Gasteiger partial charge in [-0.1, -0.05) is 0 Å². The van der Waals surface area contributed by atoms with Gasteiger partial charge >= 0.3 is 5.97 Å². The lowest BCUT2D eigenvalue weighted by Gasteiger charge is -2.37. The number of aromatic nitrogens is 2. The minimum Gasteiger partial charge on any atom is -0.481 e. The molecule has 1 aromatic heterocycles. The van der Waals surface area contributed by atoms with E-state index in [-0.39, 0.29) is 17.6 Å². The Morgan fingerprint density at radius 2 is 2.12 bits per heavy atom. The lowest BCUT2D eigenvalue weighted by molar-refractivity contribution is -0.142. The normalized spacial score (nSPS) is 20.2. The molecular weight excluding hydrogens is 225 g/mol. The molecule has 17 heavy (non-hydrogen) atoms. The van der Waals surface area contributed by atoms with E-state index >= 15 is 0 Å². The molecule has 6 heteroatoms. The molecule has 0 unspecified atom stereocenters. The highest BCUT2D eigenvalue weighted by Gasteiger charge is 2.37. The molecule has 0 atom stereocenters. The van der Waals surface area contributed by atoms with Crippen LogP contribution in [0.1, 0.15) is 24.5 Å². The Labute approximate surface area is 97.3 Å². The molecule has 1 aliphatic heterocycles. The summed E-state index contributed by atoms with van der Waals surface area (Å²) >= 11 is 0. The Balaban J connectivity index is 1.80. The molecule has 5 nitrogen and oxygen atoms in total. The number of hydrogen-bond donors (Lipinski definition) is 1. The second-order valence-corrected chi connectivity index (χ2v) is 4.61. The molecule has 2 fully saturated rings. The molecule has 0 amide bonds. The van der Waals surface area contributed by atoms with Crippen LogP contribution in [0.4, 0.5) is 10.2 Å². The summed E-state index contributed by atoms with van der Waals surface area (Å²) in [6, 6.07) is 0. The molecule has 0 aromatic carbocycles. The van der Waals surface area contributed by atoms with Gasteiger partial charge in [0.15, 0.2) is 11.6 Å². The maximum Gasteiger partial charge on any atom is 0.310 e. The van der Waals surface area contributed by atoms with E-state index < -0.39 is 11.9 Å². The van der Waals surface area contributed by atoms with Crippen LogP contribution in [0.15, 0.2) is 6.33 Å². The van der Waals surface area contributed by atoms with E-state index in [1.165, 1.54) is 6.33 Å². The van der Waals surface area contributed by atoms with Crippen LogP contribution in [0.25, 0.3) is 0 Å². The molecule has 1 saturated heterocycles. The van der Waals surface area contributed by atoms with Crippen molar-refractivity contribution >= 4 is 11.8 Å². The van der Waals surface area contributed by atoms with Gasteiger partial charge in [0.2, 0.25) is 0 Å². The minimum atomic E-state index is -0.835. The third-order valence-electron chi connectivity index (χ3n) is 3.29. The van der Waals surface area contributed by atoms with Crippen molar-refractivity contribution in [1.82, 2.24) is 9.97 Å². The topological polar surface area (TPSA) is 66.3 Å². The van der Waals surface area contributed by atoms with Crippen LogP contribution in [0.5, 0.6) is 0 Å². The zero-order valence-electron chi connectivity index (χ0n) is 9.14. The van der Waals surface area contributed by atoms with Gasteiger partial charge in [-0.05, 0) is 12.8 Å². The first-order valence-corrected chi connectivity index (χ1v) is 5.65. The van der Waals surface area contributed by atoms with Crippen molar-refractivity contribution in [1.29, 1.82) is 0 Å². The first-order valence-electron chi connectivity index (χ1n) is 5.65. The van der Waals surface area contributed by atoms with Crippen LogP contribution in [0, 0.1) is 11.7 Å². The molecule has 1 aliphatic carbocycles. The van der Waals surface area contributed by atoms with E-state index in [0.717, 1.165) is 12.8 Å². The predicted molar refractivity (Wildman–Crippen MR) is 57.3 cm³/mol. The number of aliphatic carboxylic acids is 1. The highest BCUT2D eigenvalue weighted by molar-refractivity contribution is 5.74. The summed E-state index contributed by atoms with van der Waals surface area (Å²) in [6.45, 7) is 0.654. The zero-order valence-corrected chi connectivity index (χ0v) is 9.14. The summed E-state index contributed by atoms with van der Waals surface area (Å²) in [4.78, 5) is 20.2. The number of carboxylic acids is 1. The summed E-state index contributed by atoms with van der Waals surface area (Å²) in [5.74, 6) is -1.14. The molecule has 0 bridgehead atoms. The smallest absolute Gasteiger partial charge is 0.310 e. The van der Waals surface area contributed by atoms with Gasteiger partial charge in [-0.3, -0.25) is 4.79 Å². The van der Waals surface area contributed by atoms with Gasteiger partial charge in [0.25, 0.3) is 0 Å². The van der Waals surface area contributed by atoms with Crippen LogP contribution in [-0.2, 0) is 4.79 Å². The van der Waals surface area contributed by atoms with Crippen LogP contribution in [0.2, 0.25) is 0 Å². The number of rotatable bonds is 3. The van der Waals surface area contributed by atoms with E-state index in [4.69, 9.17) is 5.11 Å². The lowest BCUT2D eigenvalue weighted by atomic mass is 10.0. The van der Waals surface area contributed by atoms with Crippen molar-refractivity contribution in [3.63, 3.8) is 0 Å². The highest BCUT2D eigenvalue weighted by Crippen LogP contribution is 2.41. The number of halogens is 1. The van der Waals surface area contributed by atoms with E-state index in [0.29, 0.717) is 18.8 Å². The quantitative estimate of drug-likeness (QED) is 0.850. The summed E-state index contributed by atoms with van der Waals surface area (Å²) in [5.41, 5.74) is 0.480. The monoisotopic (exact) mass is 237 g/mol. The number of nitrogens with zero attached hydrogens (tertiary/aromatic N) is 3. The first kappa shape index (κ1) is 10.4. The lowest BCUT2D eigenvalue weighted by Crippen LogP contribution is -2.51. The Kier molecular flexibility index (Phi) is 2.24. The highest BCUT2D eigenvalue weighted by atomic mass is 19.1. The molecular formula is C11H12FN3O2. The maximum absolute atomic E-state index is 14.0. The molecule has 1 aromatic rings. The molecule has 2 heterocycles. The Morgan fingerprint density at radius 1 is 1.41 bits per heavy atom. The van der Waals surface area contributed by atoms with Crippen LogP contribution in [0.3, 0.4) is 0 Å². The summed E-state index contributed by atoms with van der Waals surface area (Å²) in [5, 5.41) is 8.77. The first-order chi connectivity index (χ1) is 8.16. The molecule has 0 spiro atoms. The van der Waals surface area contributed by atoms with Gasteiger partial charge < -0.3 is 10.0 Å². The van der Waals surface area contributed by atoms with Crippen LogP contribution < -0.4 is 4.90 Å². The third-order valence-corrected chi connectivity index (χ3v) is 3.29. The van der Waals surface area contributed by atoms with Gasteiger partial charge in [-0.15, -0.1) is 0 Å². The van der Waals surface area contributed by atoms with Gasteiger partial charge in [-0.25, -0.2) is 14.4 Å². The third kappa shape index (κ3) is 1.73. The fourth-order valence-corrected chi connectivity index (χ4v) is 2.04. The molecule has 3 rings (SSSR count). The van der Waals surface area contributed by atoms with Crippen molar-refractivity contribution < 1.29 is 14.3 Å². The van der Waals surface area contributed by atoms with Crippen molar-refractivity contribution in [3.05, 3.63) is 17.8 Å². The number of carbonyl (C=O) groups is 1. The summed E-state index contributed by atoms with van der Waals surface area (Å²) in [7, 11) is 0. The largest absolute Gasteiger partial charge is 0.481 e. The Bertz CT molecular complexity index is 470. The van der Waals surface area contributed by atoms with E-state index in [1.54, 1.807) is 4.90 Å². The number of anilines is 1. The maximum atomic E-state index is 14.0. The van der Waals surface area contributed by atoms with Gasteiger partial charge in [0.05, 0.1) is 11.6 Å². The predicted octanol–water partition coefficient (Wildman–Crippen LogP) is 1.01. The standard InChI is InChI=1S/C11H12FN3O2/c12-8-9(6-1-2-6)13-5-14-10(8)15-3-7(4-15)11(16)17/h5-7H,1-4H2,(H,16,17). The van der Waals surface area contributed by atoms with Crippen LogP contribution in [-0.4, -0.2) is 34.1 Å². The van der Waals surface area contributed by atoms with Crippen molar-refractivity contribution in [3.8, 4) is 0 Å². The Morgan fingerprint density at radius 3 is 2.71 bits per heavy atom. The van der Waals surface area contributed by atoms with Gasteiger partial charge in [0, 0.05) is 19.0 Å². The summed E-state index contributed by atoms with van der Waals surface area (Å²) in [6.07, 6.45) is 3.32. The van der Waals surface area contributed by atoms with Crippen molar-refractivity contribution in [2.75, 3.05) is 18.0 Å². The van der Waals surface area contributed by atoms with Crippen LogP contribution >= 0.6 is 0 Å². The SMILES string of the molecule is O=C(O)C1CN(c2ncnc(C3CC3)c2F)C1. The fraction of sp³-hybridized carbons (Fsp3) is 0.545. The average Bonchev–Trinajstić information content (AvgIpc) is 3.01. The Hall–Kier alpha value is -1.72. The molecule has 0 radical (unpaired) electrons. The molecule has 2 aliphatic rings. The number of carboxylic acid groups (broad SMARTS) is 1. The van der Waals surface area contributed by atoms with Gasteiger partial charge in [-0.2, -0.15) is 0 Å². The van der Waals surface area contributed by atoms with Crippen molar-refractivity contribution in [2.45, 2.75) is 18.8 Å². The van der Waals surface area contributed by atoms with E-state index in [9.17, 15) is 9.18 Å². The second-order valence-electron chi connectivity index (χ2n) is 4.61. The molecule has 90 valence electrons.